The van der Waals surface area contributed by atoms with Gasteiger partial charge in [0.2, 0.25) is 0 Å². The molecule has 2 nitrogen and oxygen atoms in total. The number of hydrogen-bond acceptors (Lipinski definition) is 2. The first-order chi connectivity index (χ1) is 8.08. The molecule has 0 aliphatic carbocycles. The summed E-state index contributed by atoms with van der Waals surface area (Å²) in [5.74, 6) is 0.799. The molecule has 1 heterocycles. The quantitative estimate of drug-likeness (QED) is 0.913. The second-order valence-corrected chi connectivity index (χ2v) is 5.43. The number of halogens is 2. The molecule has 0 bridgehead atoms. The van der Waals surface area contributed by atoms with Gasteiger partial charge in [-0.2, -0.15) is 0 Å². The summed E-state index contributed by atoms with van der Waals surface area (Å²) in [6, 6.07) is 5.24. The minimum absolute atomic E-state index is 0.0892. The summed E-state index contributed by atoms with van der Waals surface area (Å²) >= 11 is 12.0. The van der Waals surface area contributed by atoms with Crippen LogP contribution in [0, 0.1) is 11.8 Å². The van der Waals surface area contributed by atoms with Gasteiger partial charge in [0.25, 0.3) is 0 Å². The molecule has 1 unspecified atom stereocenters. The Kier molecular flexibility index (Phi) is 4.08. The standard InChI is InChI=1S/C13H15Cl2NO/c1-8(10-6-16-7-10)13(17)5-9-4-11(14)2-3-12(9)15/h2-4,8,10,16H,5-7H2,1H3. The summed E-state index contributed by atoms with van der Waals surface area (Å²) in [6.45, 7) is 3.87. The molecule has 0 spiro atoms. The zero-order chi connectivity index (χ0) is 12.4. The maximum absolute atomic E-state index is 12.1. The van der Waals surface area contributed by atoms with Crippen LogP contribution in [0.3, 0.4) is 0 Å². The second kappa shape index (κ2) is 5.38. The Morgan fingerprint density at radius 1 is 1.47 bits per heavy atom. The topological polar surface area (TPSA) is 29.1 Å². The van der Waals surface area contributed by atoms with Gasteiger partial charge in [0.15, 0.2) is 0 Å². The Labute approximate surface area is 111 Å². The highest BCUT2D eigenvalue weighted by atomic mass is 35.5. The van der Waals surface area contributed by atoms with Gasteiger partial charge < -0.3 is 5.32 Å². The molecule has 1 aromatic rings. The number of nitrogens with one attached hydrogen (secondary N) is 1. The molecule has 1 aliphatic heterocycles. The van der Waals surface area contributed by atoms with Crippen LogP contribution in [0.1, 0.15) is 12.5 Å². The van der Waals surface area contributed by atoms with Crippen molar-refractivity contribution in [3.63, 3.8) is 0 Å². The fourth-order valence-corrected chi connectivity index (χ4v) is 2.33. The molecular weight excluding hydrogens is 257 g/mol. The highest BCUT2D eigenvalue weighted by molar-refractivity contribution is 6.33. The van der Waals surface area contributed by atoms with E-state index >= 15 is 0 Å². The Hall–Kier alpha value is -0.570. The van der Waals surface area contributed by atoms with Gasteiger partial charge in [0, 0.05) is 22.4 Å². The maximum atomic E-state index is 12.1. The molecule has 4 heteroatoms. The van der Waals surface area contributed by atoms with E-state index in [1.807, 2.05) is 6.92 Å². The van der Waals surface area contributed by atoms with Gasteiger partial charge in [-0.05, 0) is 42.8 Å². The first-order valence-electron chi connectivity index (χ1n) is 5.75. The minimum Gasteiger partial charge on any atom is -0.316 e. The van der Waals surface area contributed by atoms with E-state index in [9.17, 15) is 4.79 Å². The van der Waals surface area contributed by atoms with Crippen LogP contribution in [0.2, 0.25) is 10.0 Å². The molecular formula is C13H15Cl2NO. The summed E-state index contributed by atoms with van der Waals surface area (Å²) in [5.41, 5.74) is 0.822. The number of Topliss-reactive ketones (excluding diaryl/α,β-unsaturated/α-hetero) is 1. The number of rotatable bonds is 4. The summed E-state index contributed by atoms with van der Waals surface area (Å²) in [4.78, 5) is 12.1. The molecule has 1 aliphatic rings. The first-order valence-corrected chi connectivity index (χ1v) is 6.51. The van der Waals surface area contributed by atoms with E-state index in [1.165, 1.54) is 0 Å². The Morgan fingerprint density at radius 2 is 2.18 bits per heavy atom. The Balaban J connectivity index is 2.04. The molecule has 0 radical (unpaired) electrons. The number of benzene rings is 1. The van der Waals surface area contributed by atoms with Crippen molar-refractivity contribution < 1.29 is 4.79 Å². The molecule has 1 saturated heterocycles. The summed E-state index contributed by atoms with van der Waals surface area (Å²) < 4.78 is 0. The van der Waals surface area contributed by atoms with E-state index in [2.05, 4.69) is 5.32 Å². The number of carbonyl (C=O) groups is 1. The molecule has 0 aromatic heterocycles. The van der Waals surface area contributed by atoms with Gasteiger partial charge in [-0.3, -0.25) is 4.79 Å². The van der Waals surface area contributed by atoms with Gasteiger partial charge in [-0.1, -0.05) is 30.1 Å². The zero-order valence-electron chi connectivity index (χ0n) is 9.67. The third kappa shape index (κ3) is 3.01. The normalized spacial score (nSPS) is 17.6. The molecule has 2 rings (SSSR count). The summed E-state index contributed by atoms with van der Waals surface area (Å²) in [6.07, 6.45) is 0.372. The van der Waals surface area contributed by atoms with Gasteiger partial charge >= 0.3 is 0 Å². The van der Waals surface area contributed by atoms with E-state index in [0.29, 0.717) is 22.4 Å². The third-order valence-electron chi connectivity index (χ3n) is 3.40. The predicted molar refractivity (Wildman–Crippen MR) is 70.7 cm³/mol. The van der Waals surface area contributed by atoms with Crippen molar-refractivity contribution in [1.82, 2.24) is 5.32 Å². The van der Waals surface area contributed by atoms with E-state index < -0.39 is 0 Å². The monoisotopic (exact) mass is 271 g/mol. The molecule has 17 heavy (non-hydrogen) atoms. The van der Waals surface area contributed by atoms with Crippen molar-refractivity contribution in [2.45, 2.75) is 13.3 Å². The van der Waals surface area contributed by atoms with E-state index in [4.69, 9.17) is 23.2 Å². The van der Waals surface area contributed by atoms with Crippen LogP contribution in [0.4, 0.5) is 0 Å². The van der Waals surface area contributed by atoms with E-state index in [-0.39, 0.29) is 11.7 Å². The van der Waals surface area contributed by atoms with Crippen LogP contribution in [0.5, 0.6) is 0 Å². The highest BCUT2D eigenvalue weighted by Gasteiger charge is 2.28. The number of carbonyl (C=O) groups excluding carboxylic acids is 1. The average Bonchev–Trinajstić information content (AvgIpc) is 2.21. The summed E-state index contributed by atoms with van der Waals surface area (Å²) in [5, 5.41) is 4.42. The second-order valence-electron chi connectivity index (χ2n) is 4.59. The maximum Gasteiger partial charge on any atom is 0.140 e. The van der Waals surface area contributed by atoms with Gasteiger partial charge in [0.1, 0.15) is 5.78 Å². The fraction of sp³-hybridized carbons (Fsp3) is 0.462. The van der Waals surface area contributed by atoms with Crippen LogP contribution < -0.4 is 5.32 Å². The van der Waals surface area contributed by atoms with Crippen molar-refractivity contribution in [3.05, 3.63) is 33.8 Å². The lowest BCUT2D eigenvalue weighted by Crippen LogP contribution is -2.47. The average molecular weight is 272 g/mol. The third-order valence-corrected chi connectivity index (χ3v) is 4.00. The largest absolute Gasteiger partial charge is 0.316 e. The summed E-state index contributed by atoms with van der Waals surface area (Å²) in [7, 11) is 0. The number of ketones is 1. The van der Waals surface area contributed by atoms with Crippen LogP contribution in [0.15, 0.2) is 18.2 Å². The van der Waals surface area contributed by atoms with Crippen LogP contribution in [-0.2, 0) is 11.2 Å². The Morgan fingerprint density at radius 3 is 2.76 bits per heavy atom. The molecule has 0 saturated carbocycles. The van der Waals surface area contributed by atoms with Gasteiger partial charge in [0.05, 0.1) is 0 Å². The number of hydrogen-bond donors (Lipinski definition) is 1. The van der Waals surface area contributed by atoms with Crippen LogP contribution in [-0.4, -0.2) is 18.9 Å². The molecule has 1 N–H and O–H groups in total. The highest BCUT2D eigenvalue weighted by Crippen LogP contribution is 2.24. The SMILES string of the molecule is CC(C(=O)Cc1cc(Cl)ccc1Cl)C1CNC1. The molecule has 1 aromatic carbocycles. The van der Waals surface area contributed by atoms with Crippen molar-refractivity contribution in [2.75, 3.05) is 13.1 Å². The minimum atomic E-state index is 0.0892. The zero-order valence-corrected chi connectivity index (χ0v) is 11.2. The lowest BCUT2D eigenvalue weighted by molar-refractivity contribution is -0.123. The van der Waals surface area contributed by atoms with E-state index in [1.54, 1.807) is 18.2 Å². The molecule has 1 atom stereocenters. The van der Waals surface area contributed by atoms with Crippen molar-refractivity contribution in [1.29, 1.82) is 0 Å². The van der Waals surface area contributed by atoms with Crippen molar-refractivity contribution in [2.24, 2.45) is 11.8 Å². The lowest BCUT2D eigenvalue weighted by atomic mass is 9.84. The van der Waals surface area contributed by atoms with Gasteiger partial charge in [-0.15, -0.1) is 0 Å². The fourth-order valence-electron chi connectivity index (χ4n) is 1.95. The first kappa shape index (κ1) is 12.9. The molecule has 92 valence electrons. The van der Waals surface area contributed by atoms with Crippen LogP contribution >= 0.6 is 23.2 Å². The lowest BCUT2D eigenvalue weighted by Gasteiger charge is -2.31. The van der Waals surface area contributed by atoms with Crippen molar-refractivity contribution in [3.8, 4) is 0 Å². The van der Waals surface area contributed by atoms with Gasteiger partial charge in [-0.25, -0.2) is 0 Å². The molecule has 0 amide bonds. The van der Waals surface area contributed by atoms with Crippen LogP contribution in [0.25, 0.3) is 0 Å². The Bertz CT molecular complexity index is 429. The van der Waals surface area contributed by atoms with Crippen molar-refractivity contribution >= 4 is 29.0 Å². The predicted octanol–water partition coefficient (Wildman–Crippen LogP) is 2.96. The molecule has 1 fully saturated rings. The smallest absolute Gasteiger partial charge is 0.140 e. The van der Waals surface area contributed by atoms with E-state index in [0.717, 1.165) is 18.7 Å².